The minimum absolute atomic E-state index is 0.151. The van der Waals surface area contributed by atoms with Gasteiger partial charge in [0.25, 0.3) is 0 Å². The number of terminal acetylenes is 1. The van der Waals surface area contributed by atoms with Crippen molar-refractivity contribution in [2.45, 2.75) is 12.1 Å². The van der Waals surface area contributed by atoms with Crippen LogP contribution in [0.3, 0.4) is 0 Å². The van der Waals surface area contributed by atoms with Crippen molar-refractivity contribution in [3.8, 4) is 12.3 Å². The fourth-order valence-corrected chi connectivity index (χ4v) is 1.73. The highest BCUT2D eigenvalue weighted by Crippen LogP contribution is 2.36. The number of hydrogen-bond donors (Lipinski definition) is 0. The molecule has 0 N–H and O–H groups in total. The van der Waals surface area contributed by atoms with Crippen LogP contribution in [-0.2, 0) is 9.09 Å². The molecule has 2 nitrogen and oxygen atoms in total. The van der Waals surface area contributed by atoms with Gasteiger partial charge in [-0.3, -0.25) is 4.57 Å². The van der Waals surface area contributed by atoms with Gasteiger partial charge in [-0.15, -0.1) is 6.42 Å². The third-order valence-corrected chi connectivity index (χ3v) is 2.82. The molecule has 0 amide bonds. The summed E-state index contributed by atoms with van der Waals surface area (Å²) >= 11 is 0. The van der Waals surface area contributed by atoms with Crippen LogP contribution < -0.4 is 0 Å². The molecular weight excluding hydrogens is 147 g/mol. The Kier molecular flexibility index (Phi) is 2.74. The van der Waals surface area contributed by atoms with Gasteiger partial charge in [-0.2, -0.15) is 0 Å². The lowest BCUT2D eigenvalue weighted by Gasteiger charge is -2.15. The van der Waals surface area contributed by atoms with Gasteiger partial charge in [-0.1, -0.05) is 18.1 Å². The average Bonchev–Trinajstić information content (AvgIpc) is 1.79. The van der Waals surface area contributed by atoms with Crippen LogP contribution in [0.25, 0.3) is 0 Å². The lowest BCUT2D eigenvalue weighted by molar-refractivity contribution is 0.372. The van der Waals surface area contributed by atoms with Gasteiger partial charge in [0.15, 0.2) is 8.03 Å². The van der Waals surface area contributed by atoms with Crippen molar-refractivity contribution in [1.29, 1.82) is 0 Å². The van der Waals surface area contributed by atoms with Gasteiger partial charge in [-0.05, 0) is 6.42 Å². The van der Waals surface area contributed by atoms with E-state index in [-0.39, 0.29) is 12.3 Å². The molecule has 0 bridgehead atoms. The summed E-state index contributed by atoms with van der Waals surface area (Å²) in [6.07, 6.45) is 9.68. The maximum absolute atomic E-state index is 11.0. The van der Waals surface area contributed by atoms with Crippen molar-refractivity contribution < 1.29 is 9.09 Å². The van der Waals surface area contributed by atoms with Gasteiger partial charge >= 0.3 is 0 Å². The molecule has 0 aromatic carbocycles. The molecule has 1 rings (SSSR count). The fraction of sp³-hybridized carbons (Fsp3) is 0.429. The molecule has 0 aliphatic heterocycles. The Morgan fingerprint density at radius 2 is 2.60 bits per heavy atom. The standard InChI is InChI=1S/C7H9O2P/c1-2-6-9-10(8)7-4-3-5-7/h1,3-4,7,10H,5-6H2. The molecule has 54 valence electrons. The van der Waals surface area contributed by atoms with Crippen molar-refractivity contribution in [3.63, 3.8) is 0 Å². The van der Waals surface area contributed by atoms with E-state index in [9.17, 15) is 4.57 Å². The molecule has 2 atom stereocenters. The topological polar surface area (TPSA) is 26.3 Å². The van der Waals surface area contributed by atoms with E-state index in [1.807, 2.05) is 12.2 Å². The number of hydrogen-bond acceptors (Lipinski definition) is 2. The van der Waals surface area contributed by atoms with Crippen LogP contribution >= 0.6 is 8.03 Å². The average molecular weight is 156 g/mol. The highest BCUT2D eigenvalue weighted by molar-refractivity contribution is 7.40. The Balaban J connectivity index is 2.23. The summed E-state index contributed by atoms with van der Waals surface area (Å²) in [7, 11) is -1.87. The molecule has 0 radical (unpaired) electrons. The quantitative estimate of drug-likeness (QED) is 0.351. The Hall–Kier alpha value is -0.510. The summed E-state index contributed by atoms with van der Waals surface area (Å²) in [6, 6.07) is 0. The van der Waals surface area contributed by atoms with Gasteiger partial charge in [0.2, 0.25) is 0 Å². The summed E-state index contributed by atoms with van der Waals surface area (Å²) in [5.41, 5.74) is 0.151. The zero-order valence-corrected chi connectivity index (χ0v) is 6.54. The van der Waals surface area contributed by atoms with Crippen LogP contribution in [-0.4, -0.2) is 12.3 Å². The SMILES string of the molecule is C#CCO[PH](=O)C1C=CC1. The van der Waals surface area contributed by atoms with Gasteiger partial charge < -0.3 is 4.52 Å². The summed E-state index contributed by atoms with van der Waals surface area (Å²) in [4.78, 5) is 0. The summed E-state index contributed by atoms with van der Waals surface area (Å²) in [5, 5.41) is 0. The molecule has 10 heavy (non-hydrogen) atoms. The normalized spacial score (nSPS) is 24.9. The molecule has 0 saturated heterocycles. The maximum Gasteiger partial charge on any atom is 0.199 e. The third-order valence-electron chi connectivity index (χ3n) is 1.36. The van der Waals surface area contributed by atoms with E-state index < -0.39 is 8.03 Å². The third kappa shape index (κ3) is 1.73. The van der Waals surface area contributed by atoms with Crippen molar-refractivity contribution in [2.24, 2.45) is 0 Å². The van der Waals surface area contributed by atoms with Crippen LogP contribution in [0.4, 0.5) is 0 Å². The van der Waals surface area contributed by atoms with Gasteiger partial charge in [0.05, 0.1) is 5.66 Å². The Labute approximate surface area is 61.1 Å². The smallest absolute Gasteiger partial charge is 0.199 e. The molecule has 0 heterocycles. The van der Waals surface area contributed by atoms with E-state index in [4.69, 9.17) is 10.9 Å². The molecule has 0 spiro atoms. The lowest BCUT2D eigenvalue weighted by atomic mass is 10.1. The molecule has 1 aliphatic carbocycles. The predicted molar refractivity (Wildman–Crippen MR) is 41.3 cm³/mol. The molecule has 0 saturated carbocycles. The van der Waals surface area contributed by atoms with Crippen LogP contribution in [0.5, 0.6) is 0 Å². The van der Waals surface area contributed by atoms with Crippen molar-refractivity contribution in [1.82, 2.24) is 0 Å². The molecule has 3 heteroatoms. The van der Waals surface area contributed by atoms with Crippen molar-refractivity contribution in [3.05, 3.63) is 12.2 Å². The second-order valence-corrected chi connectivity index (χ2v) is 3.75. The zero-order chi connectivity index (χ0) is 7.40. The second kappa shape index (κ2) is 3.61. The monoisotopic (exact) mass is 156 g/mol. The van der Waals surface area contributed by atoms with E-state index in [2.05, 4.69) is 5.92 Å². The van der Waals surface area contributed by atoms with E-state index in [1.165, 1.54) is 0 Å². The zero-order valence-electron chi connectivity index (χ0n) is 5.54. The van der Waals surface area contributed by atoms with E-state index in [1.54, 1.807) is 0 Å². The minimum Gasteiger partial charge on any atom is -0.317 e. The van der Waals surface area contributed by atoms with Gasteiger partial charge in [-0.25, -0.2) is 0 Å². The maximum atomic E-state index is 11.0. The number of rotatable bonds is 3. The van der Waals surface area contributed by atoms with Crippen molar-refractivity contribution in [2.75, 3.05) is 6.61 Å². The van der Waals surface area contributed by atoms with Crippen LogP contribution in [0.15, 0.2) is 12.2 Å². The molecular formula is C7H9O2P. The van der Waals surface area contributed by atoms with Gasteiger partial charge in [0.1, 0.15) is 6.61 Å². The predicted octanol–water partition coefficient (Wildman–Crippen LogP) is 1.44. The first-order valence-corrected chi connectivity index (χ1v) is 4.50. The van der Waals surface area contributed by atoms with Crippen LogP contribution in [0.2, 0.25) is 0 Å². The molecule has 2 unspecified atom stereocenters. The largest absolute Gasteiger partial charge is 0.317 e. The summed E-state index contributed by atoms with van der Waals surface area (Å²) in [5.74, 6) is 2.28. The first-order chi connectivity index (χ1) is 4.84. The summed E-state index contributed by atoms with van der Waals surface area (Å²) < 4.78 is 15.9. The fourth-order valence-electron chi connectivity index (χ4n) is 0.667. The highest BCUT2D eigenvalue weighted by atomic mass is 31.1. The van der Waals surface area contributed by atoms with E-state index in [0.717, 1.165) is 6.42 Å². The first kappa shape index (κ1) is 7.60. The first-order valence-electron chi connectivity index (χ1n) is 3.11. The van der Waals surface area contributed by atoms with Gasteiger partial charge in [0, 0.05) is 0 Å². The van der Waals surface area contributed by atoms with Crippen molar-refractivity contribution >= 4 is 8.03 Å². The minimum atomic E-state index is -1.87. The second-order valence-electron chi connectivity index (χ2n) is 2.08. The molecule has 0 aromatic rings. The Morgan fingerprint density at radius 3 is 3.00 bits per heavy atom. The van der Waals surface area contributed by atoms with E-state index >= 15 is 0 Å². The van der Waals surface area contributed by atoms with Crippen LogP contribution in [0, 0.1) is 12.3 Å². The molecule has 0 aromatic heterocycles. The Morgan fingerprint density at radius 1 is 1.90 bits per heavy atom. The number of allylic oxidation sites excluding steroid dienone is 2. The highest BCUT2D eigenvalue weighted by Gasteiger charge is 2.17. The Bertz CT molecular complexity index is 202. The van der Waals surface area contributed by atoms with Crippen LogP contribution in [0.1, 0.15) is 6.42 Å². The van der Waals surface area contributed by atoms with E-state index in [0.29, 0.717) is 0 Å². The molecule has 1 aliphatic rings. The summed E-state index contributed by atoms with van der Waals surface area (Å²) in [6.45, 7) is 0.169. The lowest BCUT2D eigenvalue weighted by Crippen LogP contribution is -2.05. The molecule has 0 fully saturated rings.